The quantitative estimate of drug-likeness (QED) is 0.862. The lowest BCUT2D eigenvalue weighted by Gasteiger charge is -2.17. The zero-order valence-electron chi connectivity index (χ0n) is 12.4. The Hall–Kier alpha value is -2.08. The van der Waals surface area contributed by atoms with Gasteiger partial charge in [-0.1, -0.05) is 0 Å². The molecule has 0 atom stereocenters. The maximum absolute atomic E-state index is 12.4. The Kier molecular flexibility index (Phi) is 4.80. The SMILES string of the molecule is CCOc1ccc(C(=O)N(C)Cc2scnc2C)cc1N. The highest BCUT2D eigenvalue weighted by molar-refractivity contribution is 7.09. The first-order valence-electron chi connectivity index (χ1n) is 6.69. The van der Waals surface area contributed by atoms with Crippen LogP contribution in [0.25, 0.3) is 0 Å². The number of anilines is 1. The number of nitrogens with two attached hydrogens (primary N) is 1. The van der Waals surface area contributed by atoms with Crippen LogP contribution in [0.2, 0.25) is 0 Å². The summed E-state index contributed by atoms with van der Waals surface area (Å²) in [5.41, 5.74) is 9.69. The van der Waals surface area contributed by atoms with Gasteiger partial charge in [-0.3, -0.25) is 4.79 Å². The topological polar surface area (TPSA) is 68.5 Å². The van der Waals surface area contributed by atoms with Crippen molar-refractivity contribution < 1.29 is 9.53 Å². The summed E-state index contributed by atoms with van der Waals surface area (Å²) in [6.45, 7) is 4.92. The van der Waals surface area contributed by atoms with Gasteiger partial charge in [-0.2, -0.15) is 0 Å². The number of thiazole rings is 1. The molecule has 0 spiro atoms. The zero-order chi connectivity index (χ0) is 15.4. The van der Waals surface area contributed by atoms with Crippen LogP contribution in [0.15, 0.2) is 23.7 Å². The number of ether oxygens (including phenoxy) is 1. The van der Waals surface area contributed by atoms with E-state index in [2.05, 4.69) is 4.98 Å². The summed E-state index contributed by atoms with van der Waals surface area (Å²) >= 11 is 1.55. The lowest BCUT2D eigenvalue weighted by Crippen LogP contribution is -2.26. The van der Waals surface area contributed by atoms with Crippen LogP contribution in [-0.4, -0.2) is 29.4 Å². The first-order chi connectivity index (χ1) is 10.0. The fourth-order valence-corrected chi connectivity index (χ4v) is 2.78. The van der Waals surface area contributed by atoms with Gasteiger partial charge in [0.15, 0.2) is 0 Å². The fourth-order valence-electron chi connectivity index (χ4n) is 1.95. The molecule has 1 amide bonds. The number of nitrogen functional groups attached to an aromatic ring is 1. The number of carbonyl (C=O) groups excluding carboxylic acids is 1. The molecular weight excluding hydrogens is 286 g/mol. The Labute approximate surface area is 128 Å². The van der Waals surface area contributed by atoms with Gasteiger partial charge >= 0.3 is 0 Å². The van der Waals surface area contributed by atoms with Crippen LogP contribution in [0.1, 0.15) is 27.9 Å². The summed E-state index contributed by atoms with van der Waals surface area (Å²) in [6.07, 6.45) is 0. The smallest absolute Gasteiger partial charge is 0.254 e. The van der Waals surface area contributed by atoms with Gasteiger partial charge in [0.1, 0.15) is 5.75 Å². The van der Waals surface area contributed by atoms with E-state index in [4.69, 9.17) is 10.5 Å². The third-order valence-electron chi connectivity index (χ3n) is 3.13. The van der Waals surface area contributed by atoms with Crippen LogP contribution < -0.4 is 10.5 Å². The molecule has 2 aromatic rings. The Bertz CT molecular complexity index is 640. The van der Waals surface area contributed by atoms with E-state index in [0.29, 0.717) is 30.2 Å². The molecular formula is C15H19N3O2S. The normalized spacial score (nSPS) is 10.4. The highest BCUT2D eigenvalue weighted by Crippen LogP contribution is 2.23. The first kappa shape index (κ1) is 15.3. The van der Waals surface area contributed by atoms with Crippen molar-refractivity contribution in [2.75, 3.05) is 19.4 Å². The van der Waals surface area contributed by atoms with Crippen molar-refractivity contribution in [1.29, 1.82) is 0 Å². The van der Waals surface area contributed by atoms with Crippen molar-refractivity contribution in [3.05, 3.63) is 39.8 Å². The molecule has 6 heteroatoms. The second kappa shape index (κ2) is 6.58. The van der Waals surface area contributed by atoms with Gasteiger partial charge in [0.25, 0.3) is 5.91 Å². The van der Waals surface area contributed by atoms with Crippen molar-refractivity contribution in [3.63, 3.8) is 0 Å². The van der Waals surface area contributed by atoms with Crippen molar-refractivity contribution in [2.45, 2.75) is 20.4 Å². The van der Waals surface area contributed by atoms with Gasteiger partial charge in [-0.05, 0) is 32.0 Å². The molecule has 0 aliphatic carbocycles. The maximum Gasteiger partial charge on any atom is 0.254 e. The molecule has 0 radical (unpaired) electrons. The summed E-state index contributed by atoms with van der Waals surface area (Å²) in [5.74, 6) is 0.535. The summed E-state index contributed by atoms with van der Waals surface area (Å²) < 4.78 is 5.38. The van der Waals surface area contributed by atoms with Crippen LogP contribution in [0.5, 0.6) is 5.75 Å². The van der Waals surface area contributed by atoms with E-state index in [9.17, 15) is 4.79 Å². The number of hydrogen-bond donors (Lipinski definition) is 1. The molecule has 21 heavy (non-hydrogen) atoms. The van der Waals surface area contributed by atoms with Crippen LogP contribution in [0.3, 0.4) is 0 Å². The maximum atomic E-state index is 12.4. The minimum Gasteiger partial charge on any atom is -0.492 e. The van der Waals surface area contributed by atoms with Crippen LogP contribution in [-0.2, 0) is 6.54 Å². The highest BCUT2D eigenvalue weighted by atomic mass is 32.1. The van der Waals surface area contributed by atoms with E-state index < -0.39 is 0 Å². The van der Waals surface area contributed by atoms with Crippen LogP contribution >= 0.6 is 11.3 Å². The van der Waals surface area contributed by atoms with E-state index in [1.54, 1.807) is 47.0 Å². The fraction of sp³-hybridized carbons (Fsp3) is 0.333. The lowest BCUT2D eigenvalue weighted by atomic mass is 10.1. The number of carbonyl (C=O) groups is 1. The molecule has 0 saturated heterocycles. The van der Waals surface area contributed by atoms with Gasteiger partial charge in [-0.15, -0.1) is 11.3 Å². The van der Waals surface area contributed by atoms with Crippen molar-refractivity contribution in [3.8, 4) is 5.75 Å². The molecule has 0 saturated carbocycles. The third kappa shape index (κ3) is 3.52. The molecule has 2 N–H and O–H groups in total. The predicted octanol–water partition coefficient (Wildman–Crippen LogP) is 2.70. The number of hydrogen-bond acceptors (Lipinski definition) is 5. The van der Waals surface area contributed by atoms with Crippen LogP contribution in [0.4, 0.5) is 5.69 Å². The van der Waals surface area contributed by atoms with Gasteiger partial charge < -0.3 is 15.4 Å². The van der Waals surface area contributed by atoms with E-state index in [1.165, 1.54) is 0 Å². The highest BCUT2D eigenvalue weighted by Gasteiger charge is 2.15. The number of amides is 1. The number of aromatic nitrogens is 1. The minimum absolute atomic E-state index is 0.0717. The average Bonchev–Trinajstić information content (AvgIpc) is 2.86. The van der Waals surface area contributed by atoms with Crippen molar-refractivity contribution in [1.82, 2.24) is 9.88 Å². The Balaban J connectivity index is 2.12. The molecule has 0 unspecified atom stereocenters. The molecule has 112 valence electrons. The number of nitrogens with zero attached hydrogens (tertiary/aromatic N) is 2. The second-order valence-electron chi connectivity index (χ2n) is 4.71. The molecule has 1 aromatic heterocycles. The van der Waals surface area contributed by atoms with Gasteiger partial charge in [-0.25, -0.2) is 4.98 Å². The van der Waals surface area contributed by atoms with E-state index in [-0.39, 0.29) is 5.91 Å². The molecule has 1 aromatic carbocycles. The molecule has 0 aliphatic rings. The molecule has 0 aliphatic heterocycles. The van der Waals surface area contributed by atoms with Gasteiger partial charge in [0, 0.05) is 17.5 Å². The minimum atomic E-state index is -0.0717. The third-order valence-corrected chi connectivity index (χ3v) is 4.05. The molecule has 1 heterocycles. The monoisotopic (exact) mass is 305 g/mol. The number of benzene rings is 1. The summed E-state index contributed by atoms with van der Waals surface area (Å²) in [4.78, 5) is 19.4. The summed E-state index contributed by atoms with van der Waals surface area (Å²) in [5, 5.41) is 0. The van der Waals surface area contributed by atoms with Gasteiger partial charge in [0.2, 0.25) is 0 Å². The van der Waals surface area contributed by atoms with E-state index >= 15 is 0 Å². The van der Waals surface area contributed by atoms with Crippen molar-refractivity contribution in [2.24, 2.45) is 0 Å². The number of rotatable bonds is 5. The largest absolute Gasteiger partial charge is 0.492 e. The predicted molar refractivity (Wildman–Crippen MR) is 84.7 cm³/mol. The molecule has 0 bridgehead atoms. The van der Waals surface area contributed by atoms with Crippen LogP contribution in [0, 0.1) is 6.92 Å². The zero-order valence-corrected chi connectivity index (χ0v) is 13.2. The summed E-state index contributed by atoms with van der Waals surface area (Å²) in [6, 6.07) is 5.13. The van der Waals surface area contributed by atoms with E-state index in [0.717, 1.165) is 10.6 Å². The average molecular weight is 305 g/mol. The standard InChI is InChI=1S/C15H19N3O2S/c1-4-20-13-6-5-11(7-12(13)16)15(19)18(3)8-14-10(2)17-9-21-14/h5-7,9H,4,8,16H2,1-3H3. The Morgan fingerprint density at radius 2 is 2.24 bits per heavy atom. The second-order valence-corrected chi connectivity index (χ2v) is 5.65. The number of aryl methyl sites for hydroxylation is 1. The van der Waals surface area contributed by atoms with Crippen molar-refractivity contribution >= 4 is 22.9 Å². The van der Waals surface area contributed by atoms with E-state index in [1.807, 2.05) is 13.8 Å². The summed E-state index contributed by atoms with van der Waals surface area (Å²) in [7, 11) is 1.77. The Morgan fingerprint density at radius 1 is 1.48 bits per heavy atom. The Morgan fingerprint density at radius 3 is 2.81 bits per heavy atom. The molecule has 2 rings (SSSR count). The van der Waals surface area contributed by atoms with Gasteiger partial charge in [0.05, 0.1) is 30.0 Å². The lowest BCUT2D eigenvalue weighted by molar-refractivity contribution is 0.0786. The molecule has 5 nitrogen and oxygen atoms in total. The molecule has 0 fully saturated rings. The first-order valence-corrected chi connectivity index (χ1v) is 7.57.